The summed E-state index contributed by atoms with van der Waals surface area (Å²) in [5.41, 5.74) is 0.606. The third-order valence-electron chi connectivity index (χ3n) is 3.35. The lowest BCUT2D eigenvalue weighted by molar-refractivity contribution is -0.136. The first kappa shape index (κ1) is 11.6. The second-order valence-electron chi connectivity index (χ2n) is 4.49. The molecule has 0 aromatic heterocycles. The summed E-state index contributed by atoms with van der Waals surface area (Å²) in [6.45, 7) is 0. The molecule has 6 heteroatoms. The summed E-state index contributed by atoms with van der Waals surface area (Å²) in [6, 6.07) is 5.55. The average molecular weight is 260 g/mol. The molecular formula is C13H10N2O4. The fourth-order valence-corrected chi connectivity index (χ4v) is 2.42. The first-order valence-corrected chi connectivity index (χ1v) is 5.90. The molecule has 96 valence electrons. The van der Waals surface area contributed by atoms with Crippen LogP contribution < -0.4 is 5.32 Å². The lowest BCUT2D eigenvalue weighted by atomic mass is 10.1. The lowest BCUT2D eigenvalue weighted by Crippen LogP contribution is -2.54. The van der Waals surface area contributed by atoms with Gasteiger partial charge in [0.05, 0.1) is 11.1 Å². The first-order valence-electron chi connectivity index (χ1n) is 5.90. The van der Waals surface area contributed by atoms with Gasteiger partial charge in [0.15, 0.2) is 0 Å². The van der Waals surface area contributed by atoms with Gasteiger partial charge in [-0.2, -0.15) is 0 Å². The van der Waals surface area contributed by atoms with Gasteiger partial charge in [-0.05, 0) is 18.6 Å². The molecule has 1 aromatic rings. The fraction of sp³-hybridized carbons (Fsp3) is 0.231. The molecule has 1 aromatic carbocycles. The van der Waals surface area contributed by atoms with Crippen molar-refractivity contribution in [3.05, 3.63) is 35.4 Å². The van der Waals surface area contributed by atoms with Gasteiger partial charge in [-0.25, -0.2) is 0 Å². The monoisotopic (exact) mass is 260 g/mol. The van der Waals surface area contributed by atoms with Crippen molar-refractivity contribution in [2.75, 3.05) is 0 Å². The number of nitrogens with zero attached hydrogens (tertiary/aromatic N) is 1. The van der Waals surface area contributed by atoms with E-state index >= 15 is 0 Å². The highest BCUT2D eigenvalue weighted by molar-refractivity contribution is 6.23. The zero-order valence-electron chi connectivity index (χ0n) is 9.88. The van der Waals surface area contributed by atoms with Gasteiger partial charge in [-0.3, -0.25) is 29.4 Å². The minimum Gasteiger partial charge on any atom is -0.295 e. The minimum absolute atomic E-state index is 0.129. The summed E-state index contributed by atoms with van der Waals surface area (Å²) < 4.78 is 0. The Morgan fingerprint density at radius 3 is 2.11 bits per heavy atom. The molecular weight excluding hydrogens is 250 g/mol. The Kier molecular flexibility index (Phi) is 2.45. The van der Waals surface area contributed by atoms with Crippen molar-refractivity contribution in [1.82, 2.24) is 10.2 Å². The first-order chi connectivity index (χ1) is 9.09. The normalized spacial score (nSPS) is 22.5. The number of hydrogen-bond acceptors (Lipinski definition) is 4. The summed E-state index contributed by atoms with van der Waals surface area (Å²) in [6.07, 6.45) is 0.306. The molecule has 0 bridgehead atoms. The Labute approximate surface area is 108 Å². The number of fused-ring (bicyclic) bond motifs is 1. The molecule has 0 radical (unpaired) electrons. The molecule has 0 spiro atoms. The molecule has 4 amide bonds. The SMILES string of the molecule is O=C1[13CH2]C[13CH](N2C(=O)c3ccccc3C2=O)C(=O)N1. The van der Waals surface area contributed by atoms with Crippen LogP contribution in [0.15, 0.2) is 24.3 Å². The third-order valence-corrected chi connectivity index (χ3v) is 3.35. The van der Waals surface area contributed by atoms with E-state index in [0.717, 1.165) is 4.90 Å². The van der Waals surface area contributed by atoms with Crippen molar-refractivity contribution >= 4 is 23.6 Å². The molecule has 2 aliphatic rings. The van der Waals surface area contributed by atoms with Crippen molar-refractivity contribution in [2.45, 2.75) is 18.9 Å². The van der Waals surface area contributed by atoms with Crippen LogP contribution >= 0.6 is 0 Å². The van der Waals surface area contributed by atoms with Crippen LogP contribution in [0.4, 0.5) is 0 Å². The van der Waals surface area contributed by atoms with E-state index in [2.05, 4.69) is 5.32 Å². The Morgan fingerprint density at radius 2 is 1.58 bits per heavy atom. The van der Waals surface area contributed by atoms with Crippen molar-refractivity contribution in [3.63, 3.8) is 0 Å². The predicted molar refractivity (Wildman–Crippen MR) is 63.1 cm³/mol. The molecule has 0 aliphatic carbocycles. The maximum Gasteiger partial charge on any atom is 0.262 e. The van der Waals surface area contributed by atoms with Crippen LogP contribution in [0.2, 0.25) is 0 Å². The fourth-order valence-electron chi connectivity index (χ4n) is 2.42. The maximum atomic E-state index is 12.2. The van der Waals surface area contributed by atoms with Gasteiger partial charge in [0, 0.05) is 6.42 Å². The van der Waals surface area contributed by atoms with Gasteiger partial charge in [0.25, 0.3) is 11.8 Å². The number of carbonyl (C=O) groups is 4. The van der Waals surface area contributed by atoms with Crippen LogP contribution in [0.3, 0.4) is 0 Å². The minimum atomic E-state index is -0.898. The van der Waals surface area contributed by atoms with E-state index in [1.165, 1.54) is 0 Å². The molecule has 6 nitrogen and oxygen atoms in total. The summed E-state index contributed by atoms with van der Waals surface area (Å²) in [4.78, 5) is 48.1. The van der Waals surface area contributed by atoms with Crippen LogP contribution in [-0.4, -0.2) is 34.6 Å². The standard InChI is InChI=1S/C13H10N2O4/c16-10-6-5-9(11(17)14-10)15-12(18)7-3-1-2-4-8(7)13(15)19/h1-4,9H,5-6H2,(H,14,16,17)/i6+1,9+1. The van der Waals surface area contributed by atoms with Crippen LogP contribution in [0.1, 0.15) is 33.6 Å². The molecule has 1 saturated heterocycles. The zero-order chi connectivity index (χ0) is 13.6. The van der Waals surface area contributed by atoms with Gasteiger partial charge in [0.2, 0.25) is 11.8 Å². The zero-order valence-corrected chi connectivity index (χ0v) is 9.88. The number of carbonyl (C=O) groups excluding carboxylic acids is 4. The van der Waals surface area contributed by atoms with Gasteiger partial charge >= 0.3 is 0 Å². The molecule has 19 heavy (non-hydrogen) atoms. The largest absolute Gasteiger partial charge is 0.295 e. The second kappa shape index (κ2) is 4.01. The summed E-state index contributed by atoms with van der Waals surface area (Å²) in [5.74, 6) is -1.92. The number of hydrogen-bond donors (Lipinski definition) is 1. The Morgan fingerprint density at radius 1 is 1.00 bits per heavy atom. The van der Waals surface area contributed by atoms with Gasteiger partial charge in [-0.1, -0.05) is 12.1 Å². The smallest absolute Gasteiger partial charge is 0.262 e. The van der Waals surface area contributed by atoms with Gasteiger partial charge in [0.1, 0.15) is 6.04 Å². The highest BCUT2D eigenvalue weighted by Gasteiger charge is 2.44. The van der Waals surface area contributed by atoms with Crippen LogP contribution in [0, 0.1) is 0 Å². The summed E-state index contributed by atoms with van der Waals surface area (Å²) >= 11 is 0. The highest BCUT2D eigenvalue weighted by Crippen LogP contribution is 2.26. The second-order valence-corrected chi connectivity index (χ2v) is 4.49. The molecule has 1 fully saturated rings. The van der Waals surface area contributed by atoms with Crippen molar-refractivity contribution < 1.29 is 19.2 Å². The Bertz CT molecular complexity index is 588. The van der Waals surface area contributed by atoms with E-state index in [0.29, 0.717) is 11.1 Å². The quantitative estimate of drug-likeness (QED) is 0.573. The van der Waals surface area contributed by atoms with E-state index in [-0.39, 0.29) is 18.7 Å². The van der Waals surface area contributed by atoms with E-state index < -0.39 is 23.8 Å². The number of piperidine rings is 1. The number of amides is 4. The van der Waals surface area contributed by atoms with Crippen molar-refractivity contribution in [2.24, 2.45) is 0 Å². The van der Waals surface area contributed by atoms with E-state index in [4.69, 9.17) is 0 Å². The maximum absolute atomic E-state index is 12.2. The molecule has 2 heterocycles. The van der Waals surface area contributed by atoms with E-state index in [1.54, 1.807) is 24.3 Å². The molecule has 1 atom stereocenters. The summed E-state index contributed by atoms with van der Waals surface area (Å²) in [5, 5.41) is 2.15. The van der Waals surface area contributed by atoms with Crippen LogP contribution in [0.25, 0.3) is 0 Å². The Hall–Kier alpha value is -2.50. The highest BCUT2D eigenvalue weighted by atomic mass is 16.2. The lowest BCUT2D eigenvalue weighted by Gasteiger charge is -2.27. The van der Waals surface area contributed by atoms with E-state index in [9.17, 15) is 19.2 Å². The predicted octanol–water partition coefficient (Wildman–Crippen LogP) is 0.0878. The van der Waals surface area contributed by atoms with Crippen LogP contribution in [0.5, 0.6) is 0 Å². The molecule has 1 N–H and O–H groups in total. The van der Waals surface area contributed by atoms with Crippen LogP contribution in [-0.2, 0) is 9.59 Å². The summed E-state index contributed by atoms with van der Waals surface area (Å²) in [7, 11) is 0. The molecule has 3 rings (SSSR count). The Balaban J connectivity index is 1.96. The number of benzene rings is 1. The molecule has 1 unspecified atom stereocenters. The molecule has 2 aliphatic heterocycles. The number of nitrogens with one attached hydrogen (secondary N) is 1. The average Bonchev–Trinajstić information content (AvgIpc) is 2.64. The number of imide groups is 2. The topological polar surface area (TPSA) is 83.6 Å². The van der Waals surface area contributed by atoms with Crippen molar-refractivity contribution in [3.8, 4) is 0 Å². The third kappa shape index (κ3) is 1.64. The number of rotatable bonds is 1. The van der Waals surface area contributed by atoms with Gasteiger partial charge in [-0.15, -0.1) is 0 Å². The van der Waals surface area contributed by atoms with E-state index in [1.807, 2.05) is 0 Å². The van der Waals surface area contributed by atoms with Gasteiger partial charge < -0.3 is 0 Å². The molecule has 0 saturated carbocycles. The van der Waals surface area contributed by atoms with Crippen molar-refractivity contribution in [1.29, 1.82) is 0 Å².